The van der Waals surface area contributed by atoms with E-state index in [1.807, 2.05) is 13.8 Å². The van der Waals surface area contributed by atoms with Gasteiger partial charge in [-0.05, 0) is 36.6 Å². The molecule has 1 aliphatic rings. The number of fused-ring (bicyclic) bond motifs is 2. The van der Waals surface area contributed by atoms with Crippen LogP contribution in [-0.4, -0.2) is 36.9 Å². The highest BCUT2D eigenvalue weighted by Gasteiger charge is 2.30. The highest BCUT2D eigenvalue weighted by Crippen LogP contribution is 2.34. The first-order valence-electron chi connectivity index (χ1n) is 10.5. The summed E-state index contributed by atoms with van der Waals surface area (Å²) in [6.07, 6.45) is 0.657. The number of benzene rings is 2. The van der Waals surface area contributed by atoms with Crippen molar-refractivity contribution in [3.63, 3.8) is 0 Å². The fraction of sp³-hybridized carbons (Fsp3) is 0.261. The summed E-state index contributed by atoms with van der Waals surface area (Å²) in [5.74, 6) is -0.963. The molecule has 0 atom stereocenters. The molecule has 9 nitrogen and oxygen atoms in total. The van der Waals surface area contributed by atoms with Crippen LogP contribution in [0.1, 0.15) is 36.2 Å². The number of carbonyl (C=O) groups excluding carboxylic acids is 1. The monoisotopic (exact) mass is 468 g/mol. The van der Waals surface area contributed by atoms with Gasteiger partial charge in [-0.2, -0.15) is 8.42 Å². The van der Waals surface area contributed by atoms with Crippen molar-refractivity contribution in [2.75, 3.05) is 12.4 Å². The molecule has 0 fully saturated rings. The van der Waals surface area contributed by atoms with Crippen LogP contribution in [0, 0.1) is 5.92 Å². The topological polar surface area (TPSA) is 130 Å². The van der Waals surface area contributed by atoms with Crippen LogP contribution in [0.3, 0.4) is 0 Å². The van der Waals surface area contributed by atoms with E-state index in [1.54, 1.807) is 30.3 Å². The maximum Gasteiger partial charge on any atom is 0.286 e. The van der Waals surface area contributed by atoms with Crippen molar-refractivity contribution in [3.8, 4) is 5.75 Å². The highest BCUT2D eigenvalue weighted by molar-refractivity contribution is 7.90. The lowest BCUT2D eigenvalue weighted by atomic mass is 10.0. The van der Waals surface area contributed by atoms with Gasteiger partial charge in [-0.15, -0.1) is 4.40 Å². The van der Waals surface area contributed by atoms with E-state index < -0.39 is 27.2 Å². The first-order chi connectivity index (χ1) is 15.7. The zero-order chi connectivity index (χ0) is 23.9. The van der Waals surface area contributed by atoms with Crippen LogP contribution >= 0.6 is 0 Å². The second-order valence-electron chi connectivity index (χ2n) is 8.18. The van der Waals surface area contributed by atoms with Crippen molar-refractivity contribution in [3.05, 3.63) is 63.9 Å². The molecule has 0 radical (unpaired) electrons. The lowest BCUT2D eigenvalue weighted by molar-refractivity contribution is 0.0964. The summed E-state index contributed by atoms with van der Waals surface area (Å²) >= 11 is 0. The summed E-state index contributed by atoms with van der Waals surface area (Å²) in [4.78, 5) is 26.1. The number of anilines is 1. The van der Waals surface area contributed by atoms with Crippen molar-refractivity contribution < 1.29 is 18.3 Å². The van der Waals surface area contributed by atoms with Gasteiger partial charge in [0.25, 0.3) is 21.5 Å². The maximum atomic E-state index is 13.6. The summed E-state index contributed by atoms with van der Waals surface area (Å²) in [5.41, 5.74) is -0.125. The Kier molecular flexibility index (Phi) is 5.71. The molecule has 0 aliphatic carbocycles. The summed E-state index contributed by atoms with van der Waals surface area (Å²) < 4.78 is 30.8. The number of aryl methyl sites for hydroxylation is 1. The molecule has 2 heterocycles. The number of amides is 1. The summed E-state index contributed by atoms with van der Waals surface area (Å²) in [6, 6.07) is 11.0. The van der Waals surface area contributed by atoms with Crippen molar-refractivity contribution in [1.29, 1.82) is 0 Å². The number of nitrogens with one attached hydrogen (secondary N) is 2. The number of amidine groups is 1. The number of para-hydroxylation sites is 1. The Hall–Kier alpha value is -3.66. The molecule has 1 aromatic heterocycles. The quantitative estimate of drug-likeness (QED) is 0.528. The number of aromatic hydroxyl groups is 1. The van der Waals surface area contributed by atoms with Crippen LogP contribution in [0.25, 0.3) is 10.9 Å². The van der Waals surface area contributed by atoms with Gasteiger partial charge in [-0.3, -0.25) is 9.59 Å². The molecule has 1 amide bonds. The minimum atomic E-state index is -4.11. The third kappa shape index (κ3) is 3.86. The lowest BCUT2D eigenvalue weighted by Gasteiger charge is -2.21. The van der Waals surface area contributed by atoms with E-state index in [2.05, 4.69) is 15.0 Å². The van der Waals surface area contributed by atoms with E-state index in [1.165, 1.54) is 23.7 Å². The summed E-state index contributed by atoms with van der Waals surface area (Å²) in [6.45, 7) is 4.34. The zero-order valence-electron chi connectivity index (χ0n) is 18.4. The fourth-order valence-electron chi connectivity index (χ4n) is 3.85. The van der Waals surface area contributed by atoms with Crippen LogP contribution in [0.4, 0.5) is 5.69 Å². The predicted octanol–water partition coefficient (Wildman–Crippen LogP) is 2.67. The first-order valence-corrected chi connectivity index (χ1v) is 11.9. The minimum Gasteiger partial charge on any atom is -0.506 e. The van der Waals surface area contributed by atoms with E-state index in [4.69, 9.17) is 0 Å². The number of hydrogen-bond donors (Lipinski definition) is 3. The first kappa shape index (κ1) is 22.5. The van der Waals surface area contributed by atoms with E-state index in [-0.39, 0.29) is 38.8 Å². The van der Waals surface area contributed by atoms with Gasteiger partial charge in [0.05, 0.1) is 22.2 Å². The molecule has 0 saturated heterocycles. The number of carbonyl (C=O) groups is 1. The number of hydrogen-bond acceptors (Lipinski definition) is 6. The molecular formula is C23H24N4O5S. The van der Waals surface area contributed by atoms with Crippen LogP contribution in [0.5, 0.6) is 5.75 Å². The SMILES string of the molecule is CNC(=O)c1cccc2c1c(O)c(C1=NS(=O)(=O)c3ccccc3N1)c(=O)n2CCC(C)C. The highest BCUT2D eigenvalue weighted by atomic mass is 32.2. The minimum absolute atomic E-state index is 0.0276. The van der Waals surface area contributed by atoms with Gasteiger partial charge in [0.15, 0.2) is 5.84 Å². The van der Waals surface area contributed by atoms with E-state index in [0.29, 0.717) is 18.5 Å². The molecule has 4 rings (SSSR count). The van der Waals surface area contributed by atoms with Gasteiger partial charge < -0.3 is 20.3 Å². The van der Waals surface area contributed by atoms with Crippen molar-refractivity contribution >= 4 is 38.4 Å². The third-order valence-corrected chi connectivity index (χ3v) is 6.87. The second kappa shape index (κ2) is 8.36. The summed E-state index contributed by atoms with van der Waals surface area (Å²) in [7, 11) is -2.65. The molecule has 0 spiro atoms. The van der Waals surface area contributed by atoms with Crippen LogP contribution in [0.15, 0.2) is 56.6 Å². The van der Waals surface area contributed by atoms with Crippen molar-refractivity contribution in [2.45, 2.75) is 31.7 Å². The van der Waals surface area contributed by atoms with E-state index in [9.17, 15) is 23.1 Å². The molecule has 33 heavy (non-hydrogen) atoms. The molecule has 3 N–H and O–H groups in total. The van der Waals surface area contributed by atoms with Gasteiger partial charge in [-0.1, -0.05) is 32.0 Å². The average molecular weight is 469 g/mol. The Labute approximate surface area is 190 Å². The number of aromatic nitrogens is 1. The Morgan fingerprint density at radius 3 is 2.61 bits per heavy atom. The zero-order valence-corrected chi connectivity index (χ0v) is 19.2. The van der Waals surface area contributed by atoms with Gasteiger partial charge >= 0.3 is 0 Å². The Morgan fingerprint density at radius 2 is 1.91 bits per heavy atom. The van der Waals surface area contributed by atoms with E-state index >= 15 is 0 Å². The molecule has 172 valence electrons. The Balaban J connectivity index is 2.06. The molecule has 3 aromatic rings. The smallest absolute Gasteiger partial charge is 0.286 e. The number of pyridine rings is 1. The normalized spacial score (nSPS) is 14.5. The van der Waals surface area contributed by atoms with Crippen LogP contribution < -0.4 is 16.2 Å². The standard InChI is InChI=1S/C23H24N4O5S/c1-13(2)11-12-27-16-9-6-7-14(22(29)24-3)18(16)20(28)19(23(27)30)21-25-15-8-4-5-10-17(15)33(31,32)26-21/h4-10,13,28H,11-12H2,1-3H3,(H,24,29)(H,25,26). The number of sulfonamides is 1. The lowest BCUT2D eigenvalue weighted by Crippen LogP contribution is -2.33. The van der Waals surface area contributed by atoms with Gasteiger partial charge in [0.1, 0.15) is 16.2 Å². The third-order valence-electron chi connectivity index (χ3n) is 5.53. The van der Waals surface area contributed by atoms with Gasteiger partial charge in [0, 0.05) is 13.6 Å². The van der Waals surface area contributed by atoms with Gasteiger partial charge in [0.2, 0.25) is 0 Å². The number of nitrogens with zero attached hydrogens (tertiary/aromatic N) is 2. The largest absolute Gasteiger partial charge is 0.506 e. The molecule has 10 heteroatoms. The summed E-state index contributed by atoms with van der Waals surface area (Å²) in [5, 5.41) is 16.8. The maximum absolute atomic E-state index is 13.6. The van der Waals surface area contributed by atoms with Crippen LogP contribution in [0.2, 0.25) is 0 Å². The molecule has 1 aliphatic heterocycles. The fourth-order valence-corrected chi connectivity index (χ4v) is 4.98. The molecule has 2 aromatic carbocycles. The number of rotatable bonds is 5. The Morgan fingerprint density at radius 1 is 1.18 bits per heavy atom. The van der Waals surface area contributed by atoms with Crippen molar-refractivity contribution in [2.24, 2.45) is 10.3 Å². The second-order valence-corrected chi connectivity index (χ2v) is 9.75. The predicted molar refractivity (Wildman–Crippen MR) is 127 cm³/mol. The molecular weight excluding hydrogens is 444 g/mol. The van der Waals surface area contributed by atoms with Crippen molar-refractivity contribution in [1.82, 2.24) is 9.88 Å². The van der Waals surface area contributed by atoms with Gasteiger partial charge in [-0.25, -0.2) is 0 Å². The molecule has 0 unspecified atom stereocenters. The Bertz CT molecular complexity index is 1470. The molecule has 0 saturated carbocycles. The van der Waals surface area contributed by atoms with Crippen LogP contribution in [-0.2, 0) is 16.6 Å². The van der Waals surface area contributed by atoms with E-state index in [0.717, 1.165) is 0 Å². The average Bonchev–Trinajstić information content (AvgIpc) is 2.77. The molecule has 0 bridgehead atoms.